The Morgan fingerprint density at radius 2 is 2.00 bits per heavy atom. The van der Waals surface area contributed by atoms with Crippen LogP contribution in [0.3, 0.4) is 0 Å². The zero-order chi connectivity index (χ0) is 10.8. The standard InChI is InChI=1S/C12H6Cl2S/c1-2-10-5-8(7-15-10)11-6-9(13)3-4-12(11)14/h1,3-7H. The van der Waals surface area contributed by atoms with E-state index in [4.69, 9.17) is 29.6 Å². The summed E-state index contributed by atoms with van der Waals surface area (Å²) in [6.45, 7) is 0. The van der Waals surface area contributed by atoms with Crippen molar-refractivity contribution in [2.45, 2.75) is 0 Å². The van der Waals surface area contributed by atoms with Crippen molar-refractivity contribution in [3.05, 3.63) is 44.6 Å². The van der Waals surface area contributed by atoms with Crippen molar-refractivity contribution in [2.24, 2.45) is 0 Å². The van der Waals surface area contributed by atoms with Gasteiger partial charge in [-0.05, 0) is 35.2 Å². The third kappa shape index (κ3) is 2.18. The average Bonchev–Trinajstić information content (AvgIpc) is 2.70. The molecule has 0 aliphatic rings. The summed E-state index contributed by atoms with van der Waals surface area (Å²) >= 11 is 13.5. The molecule has 2 rings (SSSR count). The monoisotopic (exact) mass is 252 g/mol. The van der Waals surface area contributed by atoms with Crippen LogP contribution in [0.25, 0.3) is 11.1 Å². The van der Waals surface area contributed by atoms with E-state index in [1.54, 1.807) is 12.1 Å². The molecule has 0 spiro atoms. The molecule has 0 saturated heterocycles. The van der Waals surface area contributed by atoms with Crippen LogP contribution in [-0.4, -0.2) is 0 Å². The molecular weight excluding hydrogens is 247 g/mol. The highest BCUT2D eigenvalue weighted by Crippen LogP contribution is 2.33. The Hall–Kier alpha value is -0.940. The van der Waals surface area contributed by atoms with Crippen molar-refractivity contribution in [3.63, 3.8) is 0 Å². The number of hydrogen-bond donors (Lipinski definition) is 0. The van der Waals surface area contributed by atoms with E-state index in [1.165, 1.54) is 11.3 Å². The summed E-state index contributed by atoms with van der Waals surface area (Å²) in [6, 6.07) is 7.32. The molecule has 1 aromatic carbocycles. The SMILES string of the molecule is C#Cc1cc(-c2cc(Cl)ccc2Cl)cs1. The lowest BCUT2D eigenvalue weighted by Crippen LogP contribution is -1.76. The first-order chi connectivity index (χ1) is 7.20. The number of thiophene rings is 1. The Labute approximate surface area is 102 Å². The molecule has 0 fully saturated rings. The third-order valence-corrected chi connectivity index (χ3v) is 3.41. The molecule has 1 aromatic heterocycles. The van der Waals surface area contributed by atoms with E-state index in [0.717, 1.165) is 16.0 Å². The molecule has 0 N–H and O–H groups in total. The Morgan fingerprint density at radius 1 is 1.20 bits per heavy atom. The molecule has 1 heterocycles. The Kier molecular flexibility index (Phi) is 3.02. The number of halogens is 2. The second kappa shape index (κ2) is 4.28. The summed E-state index contributed by atoms with van der Waals surface area (Å²) in [5.74, 6) is 2.59. The maximum absolute atomic E-state index is 6.08. The predicted octanol–water partition coefficient (Wildman–Crippen LogP) is 4.70. The zero-order valence-corrected chi connectivity index (χ0v) is 9.96. The number of benzene rings is 1. The Balaban J connectivity index is 2.54. The first kappa shape index (κ1) is 10.6. The molecule has 0 amide bonds. The van der Waals surface area contributed by atoms with Crippen LogP contribution < -0.4 is 0 Å². The van der Waals surface area contributed by atoms with E-state index in [-0.39, 0.29) is 0 Å². The van der Waals surface area contributed by atoms with E-state index in [9.17, 15) is 0 Å². The second-order valence-electron chi connectivity index (χ2n) is 2.97. The highest BCUT2D eigenvalue weighted by atomic mass is 35.5. The summed E-state index contributed by atoms with van der Waals surface area (Å²) in [7, 11) is 0. The first-order valence-electron chi connectivity index (χ1n) is 4.21. The van der Waals surface area contributed by atoms with E-state index in [2.05, 4.69) is 5.92 Å². The molecule has 2 aromatic rings. The lowest BCUT2D eigenvalue weighted by atomic mass is 10.1. The van der Waals surface area contributed by atoms with Crippen molar-refractivity contribution in [2.75, 3.05) is 0 Å². The molecule has 74 valence electrons. The van der Waals surface area contributed by atoms with Crippen LogP contribution in [0.15, 0.2) is 29.6 Å². The van der Waals surface area contributed by atoms with Gasteiger partial charge in [-0.3, -0.25) is 0 Å². The van der Waals surface area contributed by atoms with Gasteiger partial charge in [0.15, 0.2) is 0 Å². The summed E-state index contributed by atoms with van der Waals surface area (Å²) in [5.41, 5.74) is 1.93. The fourth-order valence-corrected chi connectivity index (χ4v) is 2.38. The third-order valence-electron chi connectivity index (χ3n) is 1.98. The quantitative estimate of drug-likeness (QED) is 0.646. The summed E-state index contributed by atoms with van der Waals surface area (Å²) in [6.07, 6.45) is 5.31. The minimum Gasteiger partial charge on any atom is -0.135 e. The van der Waals surface area contributed by atoms with Crippen LogP contribution >= 0.6 is 34.5 Å². The van der Waals surface area contributed by atoms with Crippen molar-refractivity contribution in [3.8, 4) is 23.5 Å². The number of terminal acetylenes is 1. The molecule has 0 saturated carbocycles. The zero-order valence-electron chi connectivity index (χ0n) is 7.63. The lowest BCUT2D eigenvalue weighted by molar-refractivity contribution is 1.67. The largest absolute Gasteiger partial charge is 0.135 e. The Bertz CT molecular complexity index is 535. The highest BCUT2D eigenvalue weighted by Gasteiger charge is 2.06. The molecule has 0 aliphatic heterocycles. The van der Waals surface area contributed by atoms with Gasteiger partial charge >= 0.3 is 0 Å². The fraction of sp³-hybridized carbons (Fsp3) is 0. The second-order valence-corrected chi connectivity index (χ2v) is 4.72. The van der Waals surface area contributed by atoms with E-state index in [0.29, 0.717) is 10.0 Å². The number of rotatable bonds is 1. The molecule has 15 heavy (non-hydrogen) atoms. The summed E-state index contributed by atoms with van der Waals surface area (Å²) in [5, 5.41) is 3.33. The van der Waals surface area contributed by atoms with Gasteiger partial charge in [0.1, 0.15) is 0 Å². The van der Waals surface area contributed by atoms with Crippen molar-refractivity contribution < 1.29 is 0 Å². The van der Waals surface area contributed by atoms with Gasteiger partial charge in [0.05, 0.1) is 4.88 Å². The van der Waals surface area contributed by atoms with Crippen LogP contribution in [0.2, 0.25) is 10.0 Å². The summed E-state index contributed by atoms with van der Waals surface area (Å²) in [4.78, 5) is 0.890. The molecule has 3 heteroatoms. The highest BCUT2D eigenvalue weighted by molar-refractivity contribution is 7.11. The van der Waals surface area contributed by atoms with Crippen molar-refractivity contribution in [1.82, 2.24) is 0 Å². The topological polar surface area (TPSA) is 0 Å². The maximum atomic E-state index is 6.08. The van der Waals surface area contributed by atoms with Gasteiger partial charge in [0, 0.05) is 15.6 Å². The van der Waals surface area contributed by atoms with Crippen LogP contribution in [0.5, 0.6) is 0 Å². The Morgan fingerprint density at radius 3 is 2.67 bits per heavy atom. The van der Waals surface area contributed by atoms with Gasteiger partial charge in [0.2, 0.25) is 0 Å². The molecule has 0 radical (unpaired) electrons. The normalized spacial score (nSPS) is 9.93. The molecule has 0 unspecified atom stereocenters. The van der Waals surface area contributed by atoms with Gasteiger partial charge in [-0.1, -0.05) is 29.1 Å². The molecule has 0 nitrogen and oxygen atoms in total. The molecular formula is C12H6Cl2S. The van der Waals surface area contributed by atoms with Gasteiger partial charge in [-0.2, -0.15) is 0 Å². The molecule has 0 atom stereocenters. The van der Waals surface area contributed by atoms with Crippen LogP contribution in [0.4, 0.5) is 0 Å². The van der Waals surface area contributed by atoms with E-state index in [1.807, 2.05) is 17.5 Å². The van der Waals surface area contributed by atoms with Gasteiger partial charge in [-0.25, -0.2) is 0 Å². The minimum atomic E-state index is 0.669. The lowest BCUT2D eigenvalue weighted by Gasteiger charge is -2.01. The van der Waals surface area contributed by atoms with Crippen LogP contribution in [-0.2, 0) is 0 Å². The maximum Gasteiger partial charge on any atom is 0.0772 e. The fourth-order valence-electron chi connectivity index (χ4n) is 1.27. The van der Waals surface area contributed by atoms with E-state index >= 15 is 0 Å². The van der Waals surface area contributed by atoms with Crippen molar-refractivity contribution in [1.29, 1.82) is 0 Å². The van der Waals surface area contributed by atoms with Crippen LogP contribution in [0, 0.1) is 12.3 Å². The van der Waals surface area contributed by atoms with Crippen LogP contribution in [0.1, 0.15) is 4.88 Å². The van der Waals surface area contributed by atoms with Gasteiger partial charge in [0.25, 0.3) is 0 Å². The van der Waals surface area contributed by atoms with Crippen molar-refractivity contribution >= 4 is 34.5 Å². The van der Waals surface area contributed by atoms with Gasteiger partial charge < -0.3 is 0 Å². The average molecular weight is 253 g/mol. The molecule has 0 bridgehead atoms. The first-order valence-corrected chi connectivity index (χ1v) is 5.85. The number of hydrogen-bond acceptors (Lipinski definition) is 1. The minimum absolute atomic E-state index is 0.669. The van der Waals surface area contributed by atoms with E-state index < -0.39 is 0 Å². The molecule has 0 aliphatic carbocycles. The predicted molar refractivity (Wildman–Crippen MR) is 67.7 cm³/mol. The summed E-state index contributed by atoms with van der Waals surface area (Å²) < 4.78 is 0. The van der Waals surface area contributed by atoms with Gasteiger partial charge in [-0.15, -0.1) is 17.8 Å². The smallest absolute Gasteiger partial charge is 0.0772 e.